The normalized spacial score (nSPS) is 12.5. The number of ether oxygens (including phenoxy) is 1. The molecule has 0 spiro atoms. The Labute approximate surface area is 112 Å². The summed E-state index contributed by atoms with van der Waals surface area (Å²) in [5, 5.41) is 2.25. The van der Waals surface area contributed by atoms with Crippen molar-refractivity contribution in [3.05, 3.63) is 0 Å². The summed E-state index contributed by atoms with van der Waals surface area (Å²) in [6, 6.07) is -0.962. The smallest absolute Gasteiger partial charge is 0.328 e. The number of carbonyl (C=O) groups is 4. The van der Waals surface area contributed by atoms with Crippen LogP contribution in [-0.4, -0.2) is 36.1 Å². The molecule has 0 aromatic heterocycles. The Hall–Kier alpha value is -1.72. The molecule has 108 valence electrons. The van der Waals surface area contributed by atoms with Crippen LogP contribution in [0.4, 0.5) is 0 Å². The molecular formula is C13H21NO5. The molecule has 0 radical (unpaired) electrons. The molecule has 0 heterocycles. The second kappa shape index (κ2) is 7.01. The second-order valence-electron chi connectivity index (χ2n) is 5.67. The van der Waals surface area contributed by atoms with Crippen LogP contribution in [0.2, 0.25) is 0 Å². The maximum atomic E-state index is 11.6. The first-order chi connectivity index (χ1) is 8.53. The van der Waals surface area contributed by atoms with Gasteiger partial charge in [-0.3, -0.25) is 14.4 Å². The molecule has 1 amide bonds. The standard InChI is InChI=1S/C13H21NO5/c1-8(15)7-19-12(18)9(2)14-11(17)10(16)6-13(3,4)5/h9H,6-7H2,1-5H3,(H,14,17). The van der Waals surface area contributed by atoms with Crippen molar-refractivity contribution in [2.24, 2.45) is 5.41 Å². The molecule has 0 aliphatic heterocycles. The van der Waals surface area contributed by atoms with Gasteiger partial charge in [0, 0.05) is 6.42 Å². The summed E-state index contributed by atoms with van der Waals surface area (Å²) >= 11 is 0. The van der Waals surface area contributed by atoms with Crippen LogP contribution in [0.1, 0.15) is 41.0 Å². The van der Waals surface area contributed by atoms with Crippen LogP contribution in [0.15, 0.2) is 0 Å². The van der Waals surface area contributed by atoms with Crippen molar-refractivity contribution in [1.82, 2.24) is 5.32 Å². The zero-order chi connectivity index (χ0) is 15.2. The highest BCUT2D eigenvalue weighted by Crippen LogP contribution is 2.18. The zero-order valence-electron chi connectivity index (χ0n) is 12.0. The Morgan fingerprint density at radius 1 is 1.16 bits per heavy atom. The Kier molecular flexibility index (Phi) is 6.38. The lowest BCUT2D eigenvalue weighted by atomic mass is 9.90. The zero-order valence-corrected chi connectivity index (χ0v) is 12.0. The van der Waals surface area contributed by atoms with E-state index in [2.05, 4.69) is 10.1 Å². The maximum Gasteiger partial charge on any atom is 0.328 e. The first kappa shape index (κ1) is 17.3. The molecule has 0 aliphatic carbocycles. The third-order valence-electron chi connectivity index (χ3n) is 2.06. The van der Waals surface area contributed by atoms with E-state index < -0.39 is 23.7 Å². The van der Waals surface area contributed by atoms with Gasteiger partial charge in [0.25, 0.3) is 5.91 Å². The summed E-state index contributed by atoms with van der Waals surface area (Å²) in [4.78, 5) is 45.1. The van der Waals surface area contributed by atoms with E-state index in [0.29, 0.717) is 0 Å². The highest BCUT2D eigenvalue weighted by atomic mass is 16.5. The molecular weight excluding hydrogens is 250 g/mol. The number of ketones is 2. The lowest BCUT2D eigenvalue weighted by Gasteiger charge is -2.17. The predicted molar refractivity (Wildman–Crippen MR) is 68.3 cm³/mol. The van der Waals surface area contributed by atoms with Crippen molar-refractivity contribution in [1.29, 1.82) is 0 Å². The first-order valence-corrected chi connectivity index (χ1v) is 6.02. The van der Waals surface area contributed by atoms with E-state index in [1.807, 2.05) is 20.8 Å². The van der Waals surface area contributed by atoms with E-state index in [4.69, 9.17) is 0 Å². The highest BCUT2D eigenvalue weighted by Gasteiger charge is 2.25. The molecule has 6 nitrogen and oxygen atoms in total. The fourth-order valence-electron chi connectivity index (χ4n) is 1.20. The van der Waals surface area contributed by atoms with Gasteiger partial charge in [-0.2, -0.15) is 0 Å². The molecule has 1 N–H and O–H groups in total. The topological polar surface area (TPSA) is 89.5 Å². The number of nitrogens with one attached hydrogen (secondary N) is 1. The first-order valence-electron chi connectivity index (χ1n) is 6.02. The van der Waals surface area contributed by atoms with Gasteiger partial charge in [0.2, 0.25) is 5.78 Å². The summed E-state index contributed by atoms with van der Waals surface area (Å²) in [6.07, 6.45) is 0.0913. The van der Waals surface area contributed by atoms with E-state index in [1.165, 1.54) is 13.8 Å². The molecule has 0 bridgehead atoms. The van der Waals surface area contributed by atoms with Crippen molar-refractivity contribution in [2.75, 3.05) is 6.61 Å². The Bertz CT molecular complexity index is 381. The van der Waals surface area contributed by atoms with Gasteiger partial charge >= 0.3 is 5.97 Å². The Morgan fingerprint density at radius 3 is 2.11 bits per heavy atom. The molecule has 1 unspecified atom stereocenters. The van der Waals surface area contributed by atoms with Gasteiger partial charge in [0.05, 0.1) is 0 Å². The van der Waals surface area contributed by atoms with Crippen LogP contribution in [0.3, 0.4) is 0 Å². The number of hydrogen-bond donors (Lipinski definition) is 1. The van der Waals surface area contributed by atoms with Gasteiger partial charge in [-0.1, -0.05) is 20.8 Å². The minimum Gasteiger partial charge on any atom is -0.456 e. The summed E-state index contributed by atoms with van der Waals surface area (Å²) in [5.74, 6) is -2.44. The van der Waals surface area contributed by atoms with Gasteiger partial charge in [-0.15, -0.1) is 0 Å². The number of carbonyl (C=O) groups excluding carboxylic acids is 4. The molecule has 1 atom stereocenters. The largest absolute Gasteiger partial charge is 0.456 e. The third-order valence-corrected chi connectivity index (χ3v) is 2.06. The Morgan fingerprint density at radius 2 is 1.68 bits per heavy atom. The van der Waals surface area contributed by atoms with Crippen LogP contribution in [0.25, 0.3) is 0 Å². The van der Waals surface area contributed by atoms with Crippen molar-refractivity contribution in [3.63, 3.8) is 0 Å². The number of esters is 1. The van der Waals surface area contributed by atoms with Gasteiger partial charge < -0.3 is 10.1 Å². The van der Waals surface area contributed by atoms with E-state index >= 15 is 0 Å². The fraction of sp³-hybridized carbons (Fsp3) is 0.692. The van der Waals surface area contributed by atoms with Gasteiger partial charge in [-0.05, 0) is 19.3 Å². The molecule has 6 heteroatoms. The van der Waals surface area contributed by atoms with E-state index in [0.717, 1.165) is 0 Å². The lowest BCUT2D eigenvalue weighted by Crippen LogP contribution is -2.43. The van der Waals surface area contributed by atoms with Crippen molar-refractivity contribution in [2.45, 2.75) is 47.1 Å². The van der Waals surface area contributed by atoms with Crippen LogP contribution >= 0.6 is 0 Å². The SMILES string of the molecule is CC(=O)COC(=O)C(C)NC(=O)C(=O)CC(C)(C)C. The highest BCUT2D eigenvalue weighted by molar-refractivity contribution is 6.36. The van der Waals surface area contributed by atoms with E-state index in [-0.39, 0.29) is 24.2 Å². The molecule has 0 saturated heterocycles. The summed E-state index contributed by atoms with van der Waals surface area (Å²) in [5.41, 5.74) is -0.299. The molecule has 0 aromatic rings. The molecule has 0 rings (SSSR count). The molecule has 0 aromatic carbocycles. The average Bonchev–Trinajstić information content (AvgIpc) is 2.23. The van der Waals surface area contributed by atoms with Crippen molar-refractivity contribution < 1.29 is 23.9 Å². The minimum atomic E-state index is -0.962. The number of rotatable bonds is 6. The second-order valence-corrected chi connectivity index (χ2v) is 5.67. The summed E-state index contributed by atoms with van der Waals surface area (Å²) in [7, 11) is 0. The molecule has 0 fully saturated rings. The van der Waals surface area contributed by atoms with Crippen LogP contribution in [0.5, 0.6) is 0 Å². The molecule has 0 aliphatic rings. The number of hydrogen-bond acceptors (Lipinski definition) is 5. The number of amides is 1. The van der Waals surface area contributed by atoms with Crippen molar-refractivity contribution >= 4 is 23.4 Å². The fourth-order valence-corrected chi connectivity index (χ4v) is 1.20. The molecule has 0 saturated carbocycles. The monoisotopic (exact) mass is 271 g/mol. The van der Waals surface area contributed by atoms with Gasteiger partial charge in [0.1, 0.15) is 12.6 Å². The number of Topliss-reactive ketones (excluding diaryl/α,β-unsaturated/α-hetero) is 2. The maximum absolute atomic E-state index is 11.6. The van der Waals surface area contributed by atoms with Crippen LogP contribution in [-0.2, 0) is 23.9 Å². The van der Waals surface area contributed by atoms with E-state index in [1.54, 1.807) is 0 Å². The van der Waals surface area contributed by atoms with E-state index in [9.17, 15) is 19.2 Å². The predicted octanol–water partition coefficient (Wildman–Crippen LogP) is 0.629. The third kappa shape index (κ3) is 8.07. The quantitative estimate of drug-likeness (QED) is 0.565. The van der Waals surface area contributed by atoms with Gasteiger partial charge in [0.15, 0.2) is 5.78 Å². The van der Waals surface area contributed by atoms with Crippen molar-refractivity contribution in [3.8, 4) is 0 Å². The minimum absolute atomic E-state index is 0.0913. The Balaban J connectivity index is 4.28. The molecule has 19 heavy (non-hydrogen) atoms. The van der Waals surface area contributed by atoms with Crippen LogP contribution < -0.4 is 5.32 Å². The summed E-state index contributed by atoms with van der Waals surface area (Å²) < 4.78 is 4.63. The summed E-state index contributed by atoms with van der Waals surface area (Å²) in [6.45, 7) is 7.84. The lowest BCUT2D eigenvalue weighted by molar-refractivity contribution is -0.151. The van der Waals surface area contributed by atoms with Crippen LogP contribution in [0, 0.1) is 5.41 Å². The van der Waals surface area contributed by atoms with Gasteiger partial charge in [-0.25, -0.2) is 4.79 Å². The average molecular weight is 271 g/mol.